The van der Waals surface area contributed by atoms with Gasteiger partial charge in [0.15, 0.2) is 0 Å². The van der Waals surface area contributed by atoms with Gasteiger partial charge in [-0.05, 0) is 49.0 Å². The van der Waals surface area contributed by atoms with E-state index >= 15 is 0 Å². The number of nitrogens with one attached hydrogen (secondary N) is 4. The second kappa shape index (κ2) is 18.1. The summed E-state index contributed by atoms with van der Waals surface area (Å²) in [6.45, 7) is 9.18. The molecule has 2 aliphatic heterocycles. The van der Waals surface area contributed by atoms with Gasteiger partial charge in [-0.3, -0.25) is 15.4 Å². The fourth-order valence-corrected chi connectivity index (χ4v) is 4.66. The molecule has 222 valence electrons. The van der Waals surface area contributed by atoms with E-state index in [0.717, 1.165) is 48.3 Å². The van der Waals surface area contributed by atoms with Crippen molar-refractivity contribution in [3.63, 3.8) is 0 Å². The van der Waals surface area contributed by atoms with Crippen molar-refractivity contribution in [2.75, 3.05) is 40.3 Å². The summed E-state index contributed by atoms with van der Waals surface area (Å²) in [6.07, 6.45) is 25.5. The Labute approximate surface area is 251 Å². The van der Waals surface area contributed by atoms with Crippen molar-refractivity contribution in [1.82, 2.24) is 20.9 Å². The van der Waals surface area contributed by atoms with E-state index < -0.39 is 0 Å². The Morgan fingerprint density at radius 3 is 2.81 bits per heavy atom. The number of piperazine rings is 1. The average molecular weight is 570 g/mol. The minimum absolute atomic E-state index is 0.238. The van der Waals surface area contributed by atoms with Gasteiger partial charge >= 0.3 is 0 Å². The highest BCUT2D eigenvalue weighted by molar-refractivity contribution is 6.02. The van der Waals surface area contributed by atoms with Crippen molar-refractivity contribution < 1.29 is 4.39 Å². The molecule has 2 atom stereocenters. The second-order valence-corrected chi connectivity index (χ2v) is 9.98. The van der Waals surface area contributed by atoms with E-state index in [9.17, 15) is 4.39 Å². The first-order valence-electron chi connectivity index (χ1n) is 14.2. The molecule has 0 spiro atoms. The maximum Gasteiger partial charge on any atom is 0.126 e. The summed E-state index contributed by atoms with van der Waals surface area (Å²) in [5.41, 5.74) is 4.10. The number of allylic oxidation sites excluding steroid dienone is 12. The van der Waals surface area contributed by atoms with Gasteiger partial charge in [-0.25, -0.2) is 4.39 Å². The minimum Gasteiger partial charge on any atom is -0.374 e. The molecule has 3 rings (SSSR count). The van der Waals surface area contributed by atoms with Crippen LogP contribution in [-0.4, -0.2) is 69.5 Å². The Bertz CT molecular complexity index is 1320. The maximum absolute atomic E-state index is 14.5. The van der Waals surface area contributed by atoms with Crippen LogP contribution >= 0.6 is 0 Å². The number of aliphatic imine (C=N–C) groups is 2. The third kappa shape index (κ3) is 9.61. The fourth-order valence-electron chi connectivity index (χ4n) is 4.66. The minimum atomic E-state index is -0.254. The van der Waals surface area contributed by atoms with Gasteiger partial charge in [-0.1, -0.05) is 50.1 Å². The zero-order valence-electron chi connectivity index (χ0n) is 25.5. The molecule has 0 aromatic rings. The molecule has 8 heteroatoms. The van der Waals surface area contributed by atoms with Crippen LogP contribution < -0.4 is 16.0 Å². The molecule has 0 bridgehead atoms. The molecule has 0 aromatic carbocycles. The lowest BCUT2D eigenvalue weighted by molar-refractivity contribution is 0.302. The van der Waals surface area contributed by atoms with Gasteiger partial charge in [-0.2, -0.15) is 0 Å². The molecule has 1 fully saturated rings. The first kappa shape index (κ1) is 33.8. The van der Waals surface area contributed by atoms with Gasteiger partial charge in [0.05, 0.1) is 6.54 Å². The molecular weight excluding hydrogens is 525 g/mol. The first-order chi connectivity index (χ1) is 20.4. The smallest absolute Gasteiger partial charge is 0.126 e. The molecule has 4 N–H and O–H groups in total. The van der Waals surface area contributed by atoms with Gasteiger partial charge in [0.25, 0.3) is 0 Å². The summed E-state index contributed by atoms with van der Waals surface area (Å²) in [5.74, 6) is 4.20. The fraction of sp³-hybridized carbons (Fsp3) is 0.382. The van der Waals surface area contributed by atoms with E-state index in [2.05, 4.69) is 71.4 Å². The van der Waals surface area contributed by atoms with E-state index in [-0.39, 0.29) is 11.7 Å². The molecule has 1 saturated heterocycles. The van der Waals surface area contributed by atoms with Crippen LogP contribution in [0.5, 0.6) is 0 Å². The van der Waals surface area contributed by atoms with Gasteiger partial charge < -0.3 is 20.9 Å². The summed E-state index contributed by atoms with van der Waals surface area (Å²) < 4.78 is 14.5. The highest BCUT2D eigenvalue weighted by atomic mass is 19.1. The molecule has 7 nitrogen and oxygen atoms in total. The lowest BCUT2D eigenvalue weighted by Crippen LogP contribution is -2.51. The van der Waals surface area contributed by atoms with Crippen LogP contribution in [0.25, 0.3) is 0 Å². The molecule has 0 aromatic heterocycles. The summed E-state index contributed by atoms with van der Waals surface area (Å²) in [4.78, 5) is 11.3. The second-order valence-electron chi connectivity index (χ2n) is 9.98. The number of terminal acetylenes is 1. The van der Waals surface area contributed by atoms with E-state index in [1.54, 1.807) is 31.5 Å². The quantitative estimate of drug-likeness (QED) is 0.172. The lowest BCUT2D eigenvalue weighted by atomic mass is 9.93. The van der Waals surface area contributed by atoms with Crippen LogP contribution in [0.4, 0.5) is 4.39 Å². The number of halogens is 1. The highest BCUT2D eigenvalue weighted by Crippen LogP contribution is 2.23. The van der Waals surface area contributed by atoms with E-state index in [1.165, 1.54) is 6.08 Å². The lowest BCUT2D eigenvalue weighted by Gasteiger charge is -2.35. The van der Waals surface area contributed by atoms with Crippen LogP contribution in [0.3, 0.4) is 0 Å². The van der Waals surface area contributed by atoms with Gasteiger partial charge in [0, 0.05) is 75.0 Å². The van der Waals surface area contributed by atoms with Gasteiger partial charge in [0.1, 0.15) is 17.5 Å². The summed E-state index contributed by atoms with van der Waals surface area (Å²) >= 11 is 0. The normalized spacial score (nSPS) is 20.2. The highest BCUT2D eigenvalue weighted by Gasteiger charge is 2.23. The third-order valence-corrected chi connectivity index (χ3v) is 7.11. The summed E-state index contributed by atoms with van der Waals surface area (Å²) in [7, 11) is 3.58. The van der Waals surface area contributed by atoms with Crippen molar-refractivity contribution >= 4 is 18.3 Å². The SMILES string of the molecule is C#C.CCC(C)/C(C=NC)=C(/CN=CC1=CC#CNC(NC)=C1/C=C/C1=C(F)C=CC=CC1)C(=N)N1CCN[C@@H](C)C1. The molecule has 1 unspecified atom stereocenters. The summed E-state index contributed by atoms with van der Waals surface area (Å²) in [6, 6.07) is 3.22. The van der Waals surface area contributed by atoms with Gasteiger partial charge in [-0.15, -0.1) is 12.8 Å². The predicted molar refractivity (Wildman–Crippen MR) is 176 cm³/mol. The molecule has 42 heavy (non-hydrogen) atoms. The molecule has 0 radical (unpaired) electrons. The van der Waals surface area contributed by atoms with E-state index in [0.29, 0.717) is 36.2 Å². The van der Waals surface area contributed by atoms with Crippen LogP contribution in [0.15, 0.2) is 92.0 Å². The van der Waals surface area contributed by atoms with Crippen LogP contribution in [0.2, 0.25) is 0 Å². The van der Waals surface area contributed by atoms with Crippen LogP contribution in [0.1, 0.15) is 33.6 Å². The Hall–Kier alpha value is -4.40. The number of hydrogen-bond donors (Lipinski definition) is 4. The van der Waals surface area contributed by atoms with Crippen LogP contribution in [0, 0.1) is 36.1 Å². The molecule has 3 aliphatic rings. The Kier molecular flexibility index (Phi) is 14.6. The third-order valence-electron chi connectivity index (χ3n) is 7.11. The monoisotopic (exact) mass is 569 g/mol. The average Bonchev–Trinajstić information content (AvgIpc) is 3.34. The van der Waals surface area contributed by atoms with Crippen molar-refractivity contribution in [3.8, 4) is 24.8 Å². The molecule has 1 aliphatic carbocycles. The maximum atomic E-state index is 14.5. The summed E-state index contributed by atoms with van der Waals surface area (Å²) in [5, 5.41) is 18.8. The zero-order valence-corrected chi connectivity index (χ0v) is 25.5. The first-order valence-corrected chi connectivity index (χ1v) is 14.2. The molecular formula is C34H44FN7. The van der Waals surface area contributed by atoms with Crippen molar-refractivity contribution in [3.05, 3.63) is 82.0 Å². The topological polar surface area (TPSA) is 87.9 Å². The van der Waals surface area contributed by atoms with E-state index in [1.807, 2.05) is 31.5 Å². The van der Waals surface area contributed by atoms with Crippen LogP contribution in [-0.2, 0) is 0 Å². The van der Waals surface area contributed by atoms with Crippen molar-refractivity contribution in [1.29, 1.82) is 5.41 Å². The predicted octanol–water partition coefficient (Wildman–Crippen LogP) is 4.84. The molecule has 0 saturated carbocycles. The van der Waals surface area contributed by atoms with Crippen molar-refractivity contribution in [2.24, 2.45) is 15.9 Å². The van der Waals surface area contributed by atoms with E-state index in [4.69, 9.17) is 10.4 Å². The Morgan fingerprint density at radius 1 is 1.33 bits per heavy atom. The largest absolute Gasteiger partial charge is 0.374 e. The zero-order chi connectivity index (χ0) is 30.9. The number of amidine groups is 1. The van der Waals surface area contributed by atoms with Crippen molar-refractivity contribution in [2.45, 2.75) is 39.7 Å². The Morgan fingerprint density at radius 2 is 2.12 bits per heavy atom. The molecule has 2 heterocycles. The number of nitrogens with zero attached hydrogens (tertiary/aromatic N) is 3. The number of rotatable bonds is 10. The molecule has 0 amide bonds. The van der Waals surface area contributed by atoms with Gasteiger partial charge in [0.2, 0.25) is 0 Å². The standard InChI is InChI=1S/C32H42FN7.C2H2/c1-6-23(2)28(20-35-4)29(31(34)40-18-17-38-24(3)22-40)21-37-19-26-12-10-16-39-32(36-5)27(26)15-14-25-11-8-7-9-13-30(25)33;1-2/h7-9,12-15,19-20,23-24,34,36,38-39H,6,11,17-18,21-22H2,1-5H3;1-2H/b15-14+,29-28-,34-31?,35-20?,37-19?;/t23?,24-;/m0./s1. The number of hydrogen-bond acceptors (Lipinski definition) is 6. The Balaban J connectivity index is 0.00000301.